The lowest BCUT2D eigenvalue weighted by Crippen LogP contribution is -2.44. The quantitative estimate of drug-likeness (QED) is 0.782. The van der Waals surface area contributed by atoms with Gasteiger partial charge in [-0.3, -0.25) is 9.48 Å². The van der Waals surface area contributed by atoms with Crippen LogP contribution in [0.4, 0.5) is 0 Å². The Bertz CT molecular complexity index is 442. The maximum atomic E-state index is 10.7. The molecular formula is C15H23N3O. The van der Waals surface area contributed by atoms with Crippen LogP contribution in [0.2, 0.25) is 0 Å². The molecule has 1 saturated heterocycles. The summed E-state index contributed by atoms with van der Waals surface area (Å²) in [6, 6.07) is 0.471. The van der Waals surface area contributed by atoms with Gasteiger partial charge in [-0.2, -0.15) is 5.10 Å². The molecule has 1 saturated carbocycles. The molecule has 2 aliphatic rings. The second-order valence-corrected chi connectivity index (χ2v) is 6.54. The van der Waals surface area contributed by atoms with E-state index >= 15 is 0 Å². The van der Waals surface area contributed by atoms with Gasteiger partial charge in [-0.25, -0.2) is 0 Å². The van der Waals surface area contributed by atoms with Crippen LogP contribution in [0.5, 0.6) is 0 Å². The Morgan fingerprint density at radius 3 is 2.68 bits per heavy atom. The van der Waals surface area contributed by atoms with Crippen LogP contribution in [0, 0.1) is 5.41 Å². The van der Waals surface area contributed by atoms with Crippen molar-refractivity contribution in [3.8, 4) is 0 Å². The van der Waals surface area contributed by atoms with Crippen molar-refractivity contribution in [2.75, 3.05) is 19.6 Å². The smallest absolute Gasteiger partial charge is 0.153 e. The number of hydrogen-bond acceptors (Lipinski definition) is 3. The number of rotatable bonds is 4. The third-order valence-electron chi connectivity index (χ3n) is 4.85. The van der Waals surface area contributed by atoms with Gasteiger partial charge >= 0.3 is 0 Å². The van der Waals surface area contributed by atoms with Gasteiger partial charge < -0.3 is 4.90 Å². The van der Waals surface area contributed by atoms with Gasteiger partial charge in [0.2, 0.25) is 0 Å². The van der Waals surface area contributed by atoms with Crippen LogP contribution >= 0.6 is 0 Å². The second-order valence-electron chi connectivity index (χ2n) is 6.54. The molecule has 0 bridgehead atoms. The van der Waals surface area contributed by atoms with Crippen LogP contribution in [0.25, 0.3) is 0 Å². The second kappa shape index (κ2) is 5.08. The molecule has 1 aromatic heterocycles. The molecule has 0 amide bonds. The summed E-state index contributed by atoms with van der Waals surface area (Å²) in [5.74, 6) is 0. The molecular weight excluding hydrogens is 238 g/mol. The van der Waals surface area contributed by atoms with E-state index in [4.69, 9.17) is 0 Å². The number of carbonyl (C=O) groups is 1. The topological polar surface area (TPSA) is 38.1 Å². The van der Waals surface area contributed by atoms with Crippen molar-refractivity contribution >= 4 is 6.29 Å². The average molecular weight is 261 g/mol. The maximum Gasteiger partial charge on any atom is 0.153 e. The van der Waals surface area contributed by atoms with Crippen LogP contribution in [-0.2, 0) is 0 Å². The molecule has 0 atom stereocenters. The van der Waals surface area contributed by atoms with E-state index in [0.29, 0.717) is 17.0 Å². The molecule has 1 aliphatic carbocycles. The summed E-state index contributed by atoms with van der Waals surface area (Å²) in [6.07, 6.45) is 10.9. The standard InChI is InChI=1S/C15H23N3O/c1-15(5-2-6-15)12-17-7-3-14(4-8-17)18-10-13(11-19)9-16-18/h9-11,14H,2-8,12H2,1H3. The Kier molecular flexibility index (Phi) is 3.44. The first-order chi connectivity index (χ1) is 9.18. The van der Waals surface area contributed by atoms with E-state index in [-0.39, 0.29) is 0 Å². The monoisotopic (exact) mass is 261 g/mol. The third kappa shape index (κ3) is 2.73. The minimum absolute atomic E-state index is 0.471. The molecule has 1 aromatic rings. The molecule has 1 aliphatic heterocycles. The number of likely N-dealkylation sites (tertiary alicyclic amines) is 1. The lowest BCUT2D eigenvalue weighted by molar-refractivity contribution is 0.0637. The Labute approximate surface area is 114 Å². The predicted molar refractivity (Wildman–Crippen MR) is 74.3 cm³/mol. The zero-order chi connectivity index (χ0) is 13.3. The SMILES string of the molecule is CC1(CN2CCC(n3cc(C=O)cn3)CC2)CCC1. The molecule has 0 N–H and O–H groups in total. The van der Waals surface area contributed by atoms with Gasteiger partial charge in [0.15, 0.2) is 6.29 Å². The molecule has 19 heavy (non-hydrogen) atoms. The number of hydrogen-bond donors (Lipinski definition) is 0. The molecule has 0 aromatic carbocycles. The molecule has 4 heteroatoms. The first-order valence-electron chi connectivity index (χ1n) is 7.40. The lowest BCUT2D eigenvalue weighted by Gasteiger charge is -2.44. The van der Waals surface area contributed by atoms with Crippen molar-refractivity contribution < 1.29 is 4.79 Å². The molecule has 2 heterocycles. The Morgan fingerprint density at radius 2 is 2.16 bits per heavy atom. The molecule has 3 rings (SSSR count). The molecule has 0 unspecified atom stereocenters. The van der Waals surface area contributed by atoms with E-state index in [1.807, 2.05) is 10.9 Å². The first-order valence-corrected chi connectivity index (χ1v) is 7.40. The van der Waals surface area contributed by atoms with E-state index in [9.17, 15) is 4.79 Å². The van der Waals surface area contributed by atoms with E-state index in [0.717, 1.165) is 32.2 Å². The lowest BCUT2D eigenvalue weighted by atomic mass is 9.70. The van der Waals surface area contributed by atoms with E-state index < -0.39 is 0 Å². The van der Waals surface area contributed by atoms with Crippen LogP contribution in [0.3, 0.4) is 0 Å². The Hall–Kier alpha value is -1.16. The summed E-state index contributed by atoms with van der Waals surface area (Å²) in [7, 11) is 0. The fourth-order valence-electron chi connectivity index (χ4n) is 3.43. The zero-order valence-electron chi connectivity index (χ0n) is 11.7. The highest BCUT2D eigenvalue weighted by Crippen LogP contribution is 2.41. The highest BCUT2D eigenvalue weighted by atomic mass is 16.1. The van der Waals surface area contributed by atoms with Crippen LogP contribution in [-0.4, -0.2) is 40.6 Å². The van der Waals surface area contributed by atoms with Gasteiger partial charge in [0.25, 0.3) is 0 Å². The van der Waals surface area contributed by atoms with Gasteiger partial charge in [-0.15, -0.1) is 0 Å². The largest absolute Gasteiger partial charge is 0.303 e. The van der Waals surface area contributed by atoms with Gasteiger partial charge in [-0.1, -0.05) is 13.3 Å². The molecule has 0 radical (unpaired) electrons. The average Bonchev–Trinajstić information content (AvgIpc) is 2.86. The van der Waals surface area contributed by atoms with Crippen LogP contribution in [0.15, 0.2) is 12.4 Å². The fraction of sp³-hybridized carbons (Fsp3) is 0.733. The van der Waals surface area contributed by atoms with Crippen molar-refractivity contribution in [3.05, 3.63) is 18.0 Å². The third-order valence-corrected chi connectivity index (χ3v) is 4.85. The molecule has 0 spiro atoms. The normalized spacial score (nSPS) is 24.1. The van der Waals surface area contributed by atoms with Crippen molar-refractivity contribution in [2.45, 2.75) is 45.1 Å². The van der Waals surface area contributed by atoms with Crippen molar-refractivity contribution in [1.82, 2.24) is 14.7 Å². The maximum absolute atomic E-state index is 10.7. The Morgan fingerprint density at radius 1 is 1.42 bits per heavy atom. The number of aldehydes is 1. The number of piperidine rings is 1. The number of nitrogens with zero attached hydrogens (tertiary/aromatic N) is 3. The van der Waals surface area contributed by atoms with E-state index in [2.05, 4.69) is 16.9 Å². The summed E-state index contributed by atoms with van der Waals surface area (Å²) in [6.45, 7) is 6.01. The number of carbonyl (C=O) groups excluding carboxylic acids is 1. The van der Waals surface area contributed by atoms with Crippen molar-refractivity contribution in [1.29, 1.82) is 0 Å². The Balaban J connectivity index is 1.52. The van der Waals surface area contributed by atoms with Gasteiger partial charge in [0.05, 0.1) is 17.8 Å². The van der Waals surface area contributed by atoms with Gasteiger partial charge in [-0.05, 0) is 31.1 Å². The van der Waals surface area contributed by atoms with Crippen LogP contribution in [0.1, 0.15) is 55.4 Å². The highest BCUT2D eigenvalue weighted by molar-refractivity contribution is 5.73. The minimum atomic E-state index is 0.471. The van der Waals surface area contributed by atoms with Crippen molar-refractivity contribution in [3.63, 3.8) is 0 Å². The summed E-state index contributed by atoms with van der Waals surface area (Å²) >= 11 is 0. The molecule has 104 valence electrons. The van der Waals surface area contributed by atoms with Crippen LogP contribution < -0.4 is 0 Å². The molecule has 4 nitrogen and oxygen atoms in total. The van der Waals surface area contributed by atoms with Crippen molar-refractivity contribution in [2.24, 2.45) is 5.41 Å². The van der Waals surface area contributed by atoms with Gasteiger partial charge in [0, 0.05) is 25.8 Å². The first kappa shape index (κ1) is 12.9. The summed E-state index contributed by atoms with van der Waals surface area (Å²) in [4.78, 5) is 13.3. The summed E-state index contributed by atoms with van der Waals surface area (Å²) in [5, 5.41) is 4.30. The van der Waals surface area contributed by atoms with E-state index in [1.165, 1.54) is 25.8 Å². The number of aromatic nitrogens is 2. The van der Waals surface area contributed by atoms with Gasteiger partial charge in [0.1, 0.15) is 0 Å². The highest BCUT2D eigenvalue weighted by Gasteiger charge is 2.34. The minimum Gasteiger partial charge on any atom is -0.303 e. The molecule has 2 fully saturated rings. The predicted octanol–water partition coefficient (Wildman–Crippen LogP) is 2.52. The fourth-order valence-corrected chi connectivity index (χ4v) is 3.43. The summed E-state index contributed by atoms with van der Waals surface area (Å²) in [5.41, 5.74) is 1.27. The summed E-state index contributed by atoms with van der Waals surface area (Å²) < 4.78 is 1.98. The zero-order valence-corrected chi connectivity index (χ0v) is 11.7. The van der Waals surface area contributed by atoms with E-state index in [1.54, 1.807) is 6.20 Å².